The second-order valence-electron chi connectivity index (χ2n) is 5.48. The zero-order chi connectivity index (χ0) is 18.4. The van der Waals surface area contributed by atoms with Gasteiger partial charge in [-0.05, 0) is 37.3 Å². The predicted octanol–water partition coefficient (Wildman–Crippen LogP) is 3.74. The Hall–Kier alpha value is -3.17. The highest BCUT2D eigenvalue weighted by molar-refractivity contribution is 7.99. The van der Waals surface area contributed by atoms with Gasteiger partial charge in [0, 0.05) is 16.0 Å². The lowest BCUT2D eigenvalue weighted by Crippen LogP contribution is -2.24. The molecule has 1 aromatic heterocycles. The molecule has 0 bridgehead atoms. The zero-order valence-electron chi connectivity index (χ0n) is 14.1. The molecule has 0 saturated heterocycles. The first-order valence-electron chi connectivity index (χ1n) is 8.00. The van der Waals surface area contributed by atoms with Gasteiger partial charge in [-0.2, -0.15) is 5.26 Å². The lowest BCUT2D eigenvalue weighted by atomic mass is 10.2. The van der Waals surface area contributed by atoms with Gasteiger partial charge in [0.25, 0.3) is 5.91 Å². The average Bonchev–Trinajstić information content (AvgIpc) is 2.67. The molecule has 26 heavy (non-hydrogen) atoms. The summed E-state index contributed by atoms with van der Waals surface area (Å²) < 4.78 is 0. The summed E-state index contributed by atoms with van der Waals surface area (Å²) in [6.07, 6.45) is 1.67. The maximum absolute atomic E-state index is 12.6. The van der Waals surface area contributed by atoms with E-state index in [9.17, 15) is 10.1 Å². The van der Waals surface area contributed by atoms with Crippen LogP contribution >= 0.6 is 11.8 Å². The van der Waals surface area contributed by atoms with E-state index in [-0.39, 0.29) is 5.91 Å². The molecule has 3 rings (SSSR count). The van der Waals surface area contributed by atoms with Gasteiger partial charge in [0.1, 0.15) is 11.9 Å². The fourth-order valence-electron chi connectivity index (χ4n) is 2.38. The van der Waals surface area contributed by atoms with Crippen LogP contribution in [0.3, 0.4) is 0 Å². The Morgan fingerprint density at radius 2 is 1.85 bits per heavy atom. The summed E-state index contributed by atoms with van der Waals surface area (Å²) in [6, 6.07) is 18.7. The number of amides is 1. The molecule has 128 valence electrons. The first kappa shape index (κ1) is 17.6. The molecule has 0 aliphatic heterocycles. The van der Waals surface area contributed by atoms with E-state index in [1.165, 1.54) is 11.8 Å². The van der Waals surface area contributed by atoms with E-state index in [1.807, 2.05) is 43.3 Å². The lowest BCUT2D eigenvalue weighted by molar-refractivity contribution is 0.0947. The van der Waals surface area contributed by atoms with Crippen LogP contribution in [0.1, 0.15) is 27.4 Å². The molecule has 5 nitrogen and oxygen atoms in total. The maximum atomic E-state index is 12.6. The maximum Gasteiger partial charge on any atom is 0.252 e. The Bertz CT molecular complexity index is 981. The number of aromatic nitrogens is 2. The molecule has 0 saturated carbocycles. The molecular formula is C20H16N4OS. The predicted molar refractivity (Wildman–Crippen MR) is 99.7 cm³/mol. The van der Waals surface area contributed by atoms with Gasteiger partial charge in [-0.3, -0.25) is 4.79 Å². The molecule has 1 N–H and O–H groups in total. The van der Waals surface area contributed by atoms with Crippen molar-refractivity contribution in [1.82, 2.24) is 15.3 Å². The highest BCUT2D eigenvalue weighted by atomic mass is 32.2. The number of nitrogens with zero attached hydrogens (tertiary/aromatic N) is 3. The minimum atomic E-state index is -0.182. The van der Waals surface area contributed by atoms with E-state index in [0.717, 1.165) is 15.5 Å². The highest BCUT2D eigenvalue weighted by Gasteiger charge is 2.13. The molecule has 0 fully saturated rings. The molecule has 6 heteroatoms. The third-order valence-electron chi connectivity index (χ3n) is 3.62. The van der Waals surface area contributed by atoms with Crippen molar-refractivity contribution >= 4 is 17.7 Å². The third-order valence-corrected chi connectivity index (χ3v) is 4.77. The molecule has 0 atom stereocenters. The highest BCUT2D eigenvalue weighted by Crippen LogP contribution is 2.32. The van der Waals surface area contributed by atoms with Crippen molar-refractivity contribution in [3.8, 4) is 6.07 Å². The Labute approximate surface area is 156 Å². The van der Waals surface area contributed by atoms with E-state index in [4.69, 9.17) is 0 Å². The summed E-state index contributed by atoms with van der Waals surface area (Å²) in [5.41, 5.74) is 1.91. The van der Waals surface area contributed by atoms with E-state index >= 15 is 0 Å². The monoisotopic (exact) mass is 360 g/mol. The molecule has 1 heterocycles. The Balaban J connectivity index is 1.78. The summed E-state index contributed by atoms with van der Waals surface area (Å²) in [5, 5.41) is 12.1. The van der Waals surface area contributed by atoms with E-state index in [2.05, 4.69) is 21.4 Å². The molecule has 0 unspecified atom stereocenters. The van der Waals surface area contributed by atoms with Crippen LogP contribution < -0.4 is 5.32 Å². The van der Waals surface area contributed by atoms with Crippen molar-refractivity contribution < 1.29 is 4.79 Å². The van der Waals surface area contributed by atoms with Crippen LogP contribution in [-0.4, -0.2) is 15.9 Å². The van der Waals surface area contributed by atoms with Crippen LogP contribution in [0, 0.1) is 18.3 Å². The molecule has 3 aromatic rings. The van der Waals surface area contributed by atoms with Gasteiger partial charge in [0.05, 0.1) is 23.4 Å². The third kappa shape index (κ3) is 4.26. The molecule has 0 radical (unpaired) electrons. The smallest absolute Gasteiger partial charge is 0.252 e. The standard InChI is InChI=1S/C20H16N4OS/c1-14-22-11-10-16(24-14)13-23-20(25)17-7-3-5-9-19(17)26-18-8-4-2-6-15(18)12-21/h2-11H,13H2,1H3,(H,23,25). The number of nitrogens with one attached hydrogen (secondary N) is 1. The zero-order valence-corrected chi connectivity index (χ0v) is 15.0. The number of rotatable bonds is 5. The van der Waals surface area contributed by atoms with Crippen LogP contribution in [-0.2, 0) is 6.54 Å². The van der Waals surface area contributed by atoms with Crippen LogP contribution in [0.4, 0.5) is 0 Å². The molecule has 1 amide bonds. The van der Waals surface area contributed by atoms with Crippen molar-refractivity contribution in [2.75, 3.05) is 0 Å². The van der Waals surface area contributed by atoms with Gasteiger partial charge >= 0.3 is 0 Å². The van der Waals surface area contributed by atoms with Gasteiger partial charge in [-0.15, -0.1) is 0 Å². The summed E-state index contributed by atoms with van der Waals surface area (Å²) in [4.78, 5) is 22.6. The van der Waals surface area contributed by atoms with E-state index in [1.54, 1.807) is 24.4 Å². The first-order valence-corrected chi connectivity index (χ1v) is 8.82. The number of aryl methyl sites for hydroxylation is 1. The fourth-order valence-corrected chi connectivity index (χ4v) is 3.40. The van der Waals surface area contributed by atoms with Gasteiger partial charge < -0.3 is 5.32 Å². The Morgan fingerprint density at radius 1 is 1.12 bits per heavy atom. The topological polar surface area (TPSA) is 78.7 Å². The number of hydrogen-bond donors (Lipinski definition) is 1. The van der Waals surface area contributed by atoms with E-state index < -0.39 is 0 Å². The van der Waals surface area contributed by atoms with Crippen molar-refractivity contribution in [3.05, 3.63) is 83.4 Å². The largest absolute Gasteiger partial charge is 0.346 e. The minimum Gasteiger partial charge on any atom is -0.346 e. The second kappa shape index (κ2) is 8.28. The Morgan fingerprint density at radius 3 is 2.62 bits per heavy atom. The summed E-state index contributed by atoms with van der Waals surface area (Å²) in [5.74, 6) is 0.486. The van der Waals surface area contributed by atoms with Crippen LogP contribution in [0.2, 0.25) is 0 Å². The van der Waals surface area contributed by atoms with Crippen LogP contribution in [0.5, 0.6) is 0 Å². The SMILES string of the molecule is Cc1nccc(CNC(=O)c2ccccc2Sc2ccccc2C#N)n1. The number of carbonyl (C=O) groups is 1. The minimum absolute atomic E-state index is 0.182. The lowest BCUT2D eigenvalue weighted by Gasteiger charge is -2.10. The Kier molecular flexibility index (Phi) is 5.62. The van der Waals surface area contributed by atoms with E-state index in [0.29, 0.717) is 23.5 Å². The summed E-state index contributed by atoms with van der Waals surface area (Å²) in [7, 11) is 0. The summed E-state index contributed by atoms with van der Waals surface area (Å²) >= 11 is 1.41. The molecule has 2 aromatic carbocycles. The average molecular weight is 360 g/mol. The number of benzene rings is 2. The van der Waals surface area contributed by atoms with Gasteiger partial charge in [0.15, 0.2) is 0 Å². The van der Waals surface area contributed by atoms with Crippen LogP contribution in [0.15, 0.2) is 70.6 Å². The molecule has 0 spiro atoms. The van der Waals surface area contributed by atoms with Crippen LogP contribution in [0.25, 0.3) is 0 Å². The van der Waals surface area contributed by atoms with Gasteiger partial charge in [-0.1, -0.05) is 36.0 Å². The molecular weight excluding hydrogens is 344 g/mol. The van der Waals surface area contributed by atoms with Crippen molar-refractivity contribution in [3.63, 3.8) is 0 Å². The first-order chi connectivity index (χ1) is 12.7. The summed E-state index contributed by atoms with van der Waals surface area (Å²) in [6.45, 7) is 2.14. The fraction of sp³-hybridized carbons (Fsp3) is 0.100. The molecule has 0 aliphatic carbocycles. The normalized spacial score (nSPS) is 10.2. The van der Waals surface area contributed by atoms with Crippen molar-refractivity contribution in [2.24, 2.45) is 0 Å². The number of nitriles is 1. The quantitative estimate of drug-likeness (QED) is 0.750. The number of carbonyl (C=O) groups excluding carboxylic acids is 1. The van der Waals surface area contributed by atoms with Crippen molar-refractivity contribution in [1.29, 1.82) is 5.26 Å². The number of hydrogen-bond acceptors (Lipinski definition) is 5. The van der Waals surface area contributed by atoms with Gasteiger partial charge in [-0.25, -0.2) is 9.97 Å². The second-order valence-corrected chi connectivity index (χ2v) is 6.57. The van der Waals surface area contributed by atoms with Crippen molar-refractivity contribution in [2.45, 2.75) is 23.3 Å². The molecule has 0 aliphatic rings. The van der Waals surface area contributed by atoms with Gasteiger partial charge in [0.2, 0.25) is 0 Å².